The Bertz CT molecular complexity index is 264. The van der Waals surface area contributed by atoms with E-state index in [4.69, 9.17) is 0 Å². The molecule has 0 amide bonds. The summed E-state index contributed by atoms with van der Waals surface area (Å²) < 4.78 is 13.4. The van der Waals surface area contributed by atoms with Crippen LogP contribution in [0.2, 0.25) is 0 Å². The molecule has 0 aliphatic heterocycles. The van der Waals surface area contributed by atoms with Gasteiger partial charge in [0.2, 0.25) is 0 Å². The van der Waals surface area contributed by atoms with Crippen LogP contribution < -0.4 is 0 Å². The van der Waals surface area contributed by atoms with Crippen molar-refractivity contribution in [3.05, 3.63) is 24.0 Å². The molecule has 0 aliphatic carbocycles. The van der Waals surface area contributed by atoms with E-state index in [9.17, 15) is 9.59 Å². The van der Waals surface area contributed by atoms with Gasteiger partial charge in [0, 0.05) is 6.08 Å². The molecule has 0 fully saturated rings. The summed E-state index contributed by atoms with van der Waals surface area (Å²) in [5, 5.41) is 0. The zero-order valence-corrected chi connectivity index (χ0v) is 8.27. The van der Waals surface area contributed by atoms with Gasteiger partial charge in [0.15, 0.2) is 0 Å². The van der Waals surface area contributed by atoms with Gasteiger partial charge in [-0.3, -0.25) is 0 Å². The zero-order valence-electron chi connectivity index (χ0n) is 8.27. The number of carbonyl (C=O) groups is 2. The Balaban J connectivity index is 4.54. The lowest BCUT2D eigenvalue weighted by molar-refractivity contribution is -0.135. The maximum Gasteiger partial charge on any atom is 0.340 e. The van der Waals surface area contributed by atoms with E-state index in [0.29, 0.717) is 0 Å². The molecular formula is C9H12O5. The van der Waals surface area contributed by atoms with Crippen molar-refractivity contribution in [1.82, 2.24) is 0 Å². The van der Waals surface area contributed by atoms with Crippen LogP contribution in [-0.4, -0.2) is 33.3 Å². The smallest absolute Gasteiger partial charge is 0.340 e. The van der Waals surface area contributed by atoms with Crippen molar-refractivity contribution >= 4 is 11.9 Å². The molecule has 0 aromatic carbocycles. The molecule has 0 saturated heterocycles. The minimum atomic E-state index is -0.591. The van der Waals surface area contributed by atoms with E-state index in [-0.39, 0.29) is 5.57 Å². The van der Waals surface area contributed by atoms with E-state index in [1.54, 1.807) is 0 Å². The van der Waals surface area contributed by atoms with Crippen molar-refractivity contribution in [2.24, 2.45) is 0 Å². The molecule has 0 radical (unpaired) electrons. The van der Waals surface area contributed by atoms with Crippen LogP contribution in [-0.2, 0) is 23.8 Å². The van der Waals surface area contributed by atoms with Crippen LogP contribution in [0.25, 0.3) is 0 Å². The van der Waals surface area contributed by atoms with Crippen molar-refractivity contribution in [2.75, 3.05) is 21.3 Å². The number of carbonyl (C=O) groups excluding carboxylic acids is 2. The Morgan fingerprint density at radius 1 is 1.00 bits per heavy atom. The first-order valence-corrected chi connectivity index (χ1v) is 3.73. The Morgan fingerprint density at radius 3 is 2.07 bits per heavy atom. The van der Waals surface area contributed by atoms with Gasteiger partial charge in [0.1, 0.15) is 0 Å². The SMILES string of the molecule is CO/C=C(/C=C/C(=O)OC)C(=O)OC. The Hall–Kier alpha value is -1.78. The normalized spacial score (nSPS) is 11.2. The second kappa shape index (κ2) is 6.71. The van der Waals surface area contributed by atoms with E-state index < -0.39 is 11.9 Å². The molecule has 0 bridgehead atoms. The molecule has 5 nitrogen and oxygen atoms in total. The van der Waals surface area contributed by atoms with E-state index in [2.05, 4.69) is 14.2 Å². The molecule has 0 aliphatic rings. The van der Waals surface area contributed by atoms with Crippen LogP contribution in [0.1, 0.15) is 0 Å². The minimum Gasteiger partial charge on any atom is -0.503 e. The third kappa shape index (κ3) is 4.30. The van der Waals surface area contributed by atoms with Crippen LogP contribution in [0.4, 0.5) is 0 Å². The van der Waals surface area contributed by atoms with Gasteiger partial charge >= 0.3 is 11.9 Å². The first kappa shape index (κ1) is 12.2. The number of hydrogen-bond donors (Lipinski definition) is 0. The average Bonchev–Trinajstić information content (AvgIpc) is 2.22. The number of methoxy groups -OCH3 is 3. The third-order valence-corrected chi connectivity index (χ3v) is 1.27. The Morgan fingerprint density at radius 2 is 1.64 bits per heavy atom. The first-order valence-electron chi connectivity index (χ1n) is 3.73. The van der Waals surface area contributed by atoms with Crippen LogP contribution in [0.5, 0.6) is 0 Å². The largest absolute Gasteiger partial charge is 0.503 e. The summed E-state index contributed by atoms with van der Waals surface area (Å²) in [7, 11) is 3.86. The molecule has 0 aromatic heterocycles. The van der Waals surface area contributed by atoms with Gasteiger partial charge in [0.25, 0.3) is 0 Å². The summed E-state index contributed by atoms with van der Waals surface area (Å²) in [6.07, 6.45) is 3.52. The second-order valence-electron chi connectivity index (χ2n) is 2.16. The third-order valence-electron chi connectivity index (χ3n) is 1.27. The van der Waals surface area contributed by atoms with Crippen molar-refractivity contribution < 1.29 is 23.8 Å². The molecule has 0 spiro atoms. The molecule has 0 atom stereocenters. The molecule has 0 saturated carbocycles. The number of ether oxygens (including phenoxy) is 3. The standard InChI is InChI=1S/C9H12O5/c1-12-6-7(9(11)14-3)4-5-8(10)13-2/h4-6H,1-3H3/b5-4+,7-6-. The average molecular weight is 200 g/mol. The van der Waals surface area contributed by atoms with Gasteiger partial charge in [-0.15, -0.1) is 0 Å². The van der Waals surface area contributed by atoms with Crippen molar-refractivity contribution in [1.29, 1.82) is 0 Å². The monoisotopic (exact) mass is 200 g/mol. The molecule has 0 rings (SSSR count). The minimum absolute atomic E-state index is 0.125. The molecule has 0 heterocycles. The molecular weight excluding hydrogens is 188 g/mol. The fourth-order valence-corrected chi connectivity index (χ4v) is 0.626. The van der Waals surface area contributed by atoms with Gasteiger partial charge < -0.3 is 14.2 Å². The lowest BCUT2D eigenvalue weighted by Crippen LogP contribution is -2.04. The second-order valence-corrected chi connectivity index (χ2v) is 2.16. The molecule has 0 unspecified atom stereocenters. The Labute approximate surface area is 81.9 Å². The summed E-state index contributed by atoms with van der Waals surface area (Å²) >= 11 is 0. The zero-order chi connectivity index (χ0) is 11.0. The highest BCUT2D eigenvalue weighted by molar-refractivity contribution is 5.93. The molecule has 78 valence electrons. The maximum atomic E-state index is 11.0. The lowest BCUT2D eigenvalue weighted by atomic mass is 10.3. The number of esters is 2. The molecule has 14 heavy (non-hydrogen) atoms. The van der Waals surface area contributed by atoms with E-state index in [1.165, 1.54) is 33.7 Å². The lowest BCUT2D eigenvalue weighted by Gasteiger charge is -1.98. The predicted molar refractivity (Wildman–Crippen MR) is 48.3 cm³/mol. The van der Waals surface area contributed by atoms with Crippen molar-refractivity contribution in [3.8, 4) is 0 Å². The van der Waals surface area contributed by atoms with Crippen LogP contribution in [0.15, 0.2) is 24.0 Å². The van der Waals surface area contributed by atoms with Crippen molar-refractivity contribution in [2.45, 2.75) is 0 Å². The highest BCUT2D eigenvalue weighted by atomic mass is 16.5. The fourth-order valence-electron chi connectivity index (χ4n) is 0.626. The topological polar surface area (TPSA) is 61.8 Å². The quantitative estimate of drug-likeness (QED) is 0.285. The summed E-state index contributed by atoms with van der Waals surface area (Å²) in [6, 6.07) is 0. The Kier molecular flexibility index (Phi) is 5.85. The molecule has 0 N–H and O–H groups in total. The van der Waals surface area contributed by atoms with Gasteiger partial charge in [-0.2, -0.15) is 0 Å². The van der Waals surface area contributed by atoms with E-state index in [1.807, 2.05) is 0 Å². The highest BCUT2D eigenvalue weighted by Gasteiger charge is 2.06. The van der Waals surface area contributed by atoms with Gasteiger partial charge in [-0.1, -0.05) is 0 Å². The summed E-state index contributed by atoms with van der Waals surface area (Å²) in [6.45, 7) is 0. The van der Waals surface area contributed by atoms with Crippen LogP contribution in [0.3, 0.4) is 0 Å². The summed E-state index contributed by atoms with van der Waals surface area (Å²) in [5.74, 6) is -1.15. The van der Waals surface area contributed by atoms with Crippen LogP contribution >= 0.6 is 0 Å². The summed E-state index contributed by atoms with van der Waals surface area (Å²) in [4.78, 5) is 21.7. The van der Waals surface area contributed by atoms with E-state index >= 15 is 0 Å². The summed E-state index contributed by atoms with van der Waals surface area (Å²) in [5.41, 5.74) is 0.125. The van der Waals surface area contributed by atoms with Crippen LogP contribution in [0, 0.1) is 0 Å². The number of hydrogen-bond acceptors (Lipinski definition) is 5. The van der Waals surface area contributed by atoms with E-state index in [0.717, 1.165) is 6.08 Å². The number of rotatable bonds is 4. The predicted octanol–water partition coefficient (Wildman–Crippen LogP) is 0.419. The first-order chi connectivity index (χ1) is 6.65. The maximum absolute atomic E-state index is 11.0. The van der Waals surface area contributed by atoms with Gasteiger partial charge in [-0.25, -0.2) is 9.59 Å². The highest BCUT2D eigenvalue weighted by Crippen LogP contribution is 2.00. The van der Waals surface area contributed by atoms with Gasteiger partial charge in [-0.05, 0) is 6.08 Å². The van der Waals surface area contributed by atoms with Crippen molar-refractivity contribution in [3.63, 3.8) is 0 Å². The fraction of sp³-hybridized carbons (Fsp3) is 0.333. The molecule has 0 aromatic rings. The molecule has 5 heteroatoms. The van der Waals surface area contributed by atoms with Gasteiger partial charge in [0.05, 0.1) is 33.2 Å².